The summed E-state index contributed by atoms with van der Waals surface area (Å²) in [5.41, 5.74) is 1.59. The van der Waals surface area contributed by atoms with Gasteiger partial charge in [0.25, 0.3) is 0 Å². The fourth-order valence-corrected chi connectivity index (χ4v) is 1.10. The van der Waals surface area contributed by atoms with E-state index in [1.54, 1.807) is 16.9 Å². The first-order valence-corrected chi connectivity index (χ1v) is 3.63. The van der Waals surface area contributed by atoms with Crippen molar-refractivity contribution in [3.05, 3.63) is 30.2 Å². The predicted octanol–water partition coefficient (Wildman–Crippen LogP) is 0.471. The van der Waals surface area contributed by atoms with Gasteiger partial charge in [0.1, 0.15) is 6.29 Å². The van der Waals surface area contributed by atoms with Gasteiger partial charge in [-0.15, -0.1) is 0 Å². The van der Waals surface area contributed by atoms with E-state index in [2.05, 4.69) is 10.1 Å². The lowest BCUT2D eigenvalue weighted by Crippen LogP contribution is -1.96. The summed E-state index contributed by atoms with van der Waals surface area (Å²) in [6.07, 6.45) is 4.54. The Morgan fingerprint density at radius 2 is 2.50 bits per heavy atom. The lowest BCUT2D eigenvalue weighted by molar-refractivity contribution is -0.107. The highest BCUT2D eigenvalue weighted by Crippen LogP contribution is 2.02. The molecule has 2 rings (SSSR count). The first kappa shape index (κ1) is 6.97. The van der Waals surface area contributed by atoms with E-state index in [9.17, 15) is 4.79 Å². The molecule has 2 aromatic heterocycles. The number of rotatable bonds is 2. The van der Waals surface area contributed by atoms with E-state index in [4.69, 9.17) is 0 Å². The van der Waals surface area contributed by atoms with Crippen molar-refractivity contribution >= 4 is 11.9 Å². The number of carbonyl (C=O) groups is 1. The van der Waals surface area contributed by atoms with Crippen molar-refractivity contribution in [2.45, 2.75) is 6.42 Å². The van der Waals surface area contributed by atoms with Crippen molar-refractivity contribution in [1.29, 1.82) is 0 Å². The Hall–Kier alpha value is -1.71. The van der Waals surface area contributed by atoms with Crippen LogP contribution in [-0.2, 0) is 11.2 Å². The molecule has 0 aliphatic rings. The fraction of sp³-hybridized carbons (Fsp3) is 0.125. The predicted molar refractivity (Wildman–Crippen MR) is 42.8 cm³/mol. The SMILES string of the molecule is O=CCc1cnc2cccnn12. The standard InChI is InChI=1S/C8H7N3O/c12-5-3-7-6-9-8-2-1-4-10-11(7)8/h1-2,4-6H,3H2. The smallest absolute Gasteiger partial charge is 0.153 e. The molecule has 0 radical (unpaired) electrons. The Morgan fingerprint density at radius 1 is 1.58 bits per heavy atom. The minimum atomic E-state index is 0.359. The molecule has 0 aliphatic heterocycles. The number of hydrogen-bond donors (Lipinski definition) is 0. The number of hydrogen-bond acceptors (Lipinski definition) is 3. The van der Waals surface area contributed by atoms with Crippen molar-refractivity contribution in [2.75, 3.05) is 0 Å². The molecule has 0 unspecified atom stereocenters. The summed E-state index contributed by atoms with van der Waals surface area (Å²) in [6, 6.07) is 3.66. The number of carbonyl (C=O) groups excluding carboxylic acids is 1. The van der Waals surface area contributed by atoms with E-state index in [-0.39, 0.29) is 0 Å². The van der Waals surface area contributed by atoms with Gasteiger partial charge in [-0.2, -0.15) is 5.10 Å². The van der Waals surface area contributed by atoms with Crippen molar-refractivity contribution < 1.29 is 4.79 Å². The Bertz CT molecular complexity index is 407. The van der Waals surface area contributed by atoms with Crippen LogP contribution in [0.5, 0.6) is 0 Å². The van der Waals surface area contributed by atoms with Crippen LogP contribution in [0.25, 0.3) is 5.65 Å². The van der Waals surface area contributed by atoms with E-state index in [0.717, 1.165) is 17.6 Å². The number of aromatic nitrogens is 3. The molecular weight excluding hydrogens is 154 g/mol. The van der Waals surface area contributed by atoms with Crippen molar-refractivity contribution in [2.24, 2.45) is 0 Å². The van der Waals surface area contributed by atoms with Gasteiger partial charge in [0, 0.05) is 12.6 Å². The average Bonchev–Trinajstić information content (AvgIpc) is 2.50. The van der Waals surface area contributed by atoms with E-state index in [1.807, 2.05) is 12.1 Å². The minimum Gasteiger partial charge on any atom is -0.303 e. The summed E-state index contributed by atoms with van der Waals surface area (Å²) in [6.45, 7) is 0. The first-order chi connectivity index (χ1) is 5.92. The molecule has 0 fully saturated rings. The summed E-state index contributed by atoms with van der Waals surface area (Å²) in [7, 11) is 0. The van der Waals surface area contributed by atoms with Crippen molar-refractivity contribution in [3.8, 4) is 0 Å². The molecule has 0 N–H and O–H groups in total. The number of aldehydes is 1. The summed E-state index contributed by atoms with van der Waals surface area (Å²) >= 11 is 0. The molecule has 2 heterocycles. The summed E-state index contributed by atoms with van der Waals surface area (Å²) < 4.78 is 1.66. The van der Waals surface area contributed by atoms with Gasteiger partial charge in [-0.05, 0) is 12.1 Å². The third-order valence-electron chi connectivity index (χ3n) is 1.64. The molecular formula is C8H7N3O. The highest BCUT2D eigenvalue weighted by atomic mass is 16.1. The minimum absolute atomic E-state index is 0.359. The summed E-state index contributed by atoms with van der Waals surface area (Å²) in [5, 5.41) is 4.06. The quantitative estimate of drug-likeness (QED) is 0.601. The molecule has 12 heavy (non-hydrogen) atoms. The first-order valence-electron chi connectivity index (χ1n) is 3.63. The van der Waals surface area contributed by atoms with Crippen LogP contribution in [0.3, 0.4) is 0 Å². The maximum Gasteiger partial charge on any atom is 0.153 e. The van der Waals surface area contributed by atoms with Crippen LogP contribution in [0, 0.1) is 0 Å². The molecule has 0 atom stereocenters. The van der Waals surface area contributed by atoms with Crippen LogP contribution in [0.15, 0.2) is 24.5 Å². The Morgan fingerprint density at radius 3 is 3.33 bits per heavy atom. The molecule has 0 aliphatic carbocycles. The highest BCUT2D eigenvalue weighted by molar-refractivity contribution is 5.54. The van der Waals surface area contributed by atoms with Crippen LogP contribution in [0.4, 0.5) is 0 Å². The normalized spacial score (nSPS) is 10.3. The maximum atomic E-state index is 10.2. The van der Waals surface area contributed by atoms with Crippen LogP contribution in [-0.4, -0.2) is 20.9 Å². The molecule has 0 aromatic carbocycles. The number of fused-ring (bicyclic) bond motifs is 1. The molecule has 0 saturated carbocycles. The number of imidazole rings is 1. The summed E-state index contributed by atoms with van der Waals surface area (Å²) in [4.78, 5) is 14.3. The van der Waals surface area contributed by atoms with Crippen molar-refractivity contribution in [1.82, 2.24) is 14.6 Å². The van der Waals surface area contributed by atoms with Gasteiger partial charge >= 0.3 is 0 Å². The summed E-state index contributed by atoms with van der Waals surface area (Å²) in [5.74, 6) is 0. The Labute approximate surface area is 68.8 Å². The topological polar surface area (TPSA) is 47.3 Å². The van der Waals surface area contributed by atoms with Gasteiger partial charge < -0.3 is 4.79 Å². The molecule has 0 saturated heterocycles. The Kier molecular flexibility index (Phi) is 1.59. The zero-order valence-corrected chi connectivity index (χ0v) is 6.34. The van der Waals surface area contributed by atoms with Crippen LogP contribution in [0.2, 0.25) is 0 Å². The molecule has 0 amide bonds. The van der Waals surface area contributed by atoms with Crippen LogP contribution in [0.1, 0.15) is 5.69 Å². The average molecular weight is 161 g/mol. The largest absolute Gasteiger partial charge is 0.303 e. The maximum absolute atomic E-state index is 10.2. The molecule has 4 heteroatoms. The molecule has 2 aromatic rings. The second-order valence-electron chi connectivity index (χ2n) is 2.41. The van der Waals surface area contributed by atoms with Crippen LogP contribution >= 0.6 is 0 Å². The van der Waals surface area contributed by atoms with Crippen molar-refractivity contribution in [3.63, 3.8) is 0 Å². The zero-order chi connectivity index (χ0) is 8.39. The van der Waals surface area contributed by atoms with Gasteiger partial charge in [0.05, 0.1) is 11.9 Å². The second kappa shape index (κ2) is 2.73. The molecule has 60 valence electrons. The lowest BCUT2D eigenvalue weighted by Gasteiger charge is -1.93. The third kappa shape index (κ3) is 0.972. The fourth-order valence-electron chi connectivity index (χ4n) is 1.10. The van der Waals surface area contributed by atoms with E-state index >= 15 is 0 Å². The van der Waals surface area contributed by atoms with Gasteiger partial charge in [-0.1, -0.05) is 0 Å². The van der Waals surface area contributed by atoms with Gasteiger partial charge in [-0.25, -0.2) is 9.50 Å². The molecule has 0 spiro atoms. The molecule has 4 nitrogen and oxygen atoms in total. The monoisotopic (exact) mass is 161 g/mol. The van der Waals surface area contributed by atoms with E-state index in [1.165, 1.54) is 0 Å². The van der Waals surface area contributed by atoms with Gasteiger partial charge in [0.2, 0.25) is 0 Å². The van der Waals surface area contributed by atoms with Crippen LogP contribution < -0.4 is 0 Å². The van der Waals surface area contributed by atoms with E-state index in [0.29, 0.717) is 6.42 Å². The van der Waals surface area contributed by atoms with E-state index < -0.39 is 0 Å². The zero-order valence-electron chi connectivity index (χ0n) is 6.34. The highest BCUT2D eigenvalue weighted by Gasteiger charge is 2.00. The van der Waals surface area contributed by atoms with Gasteiger partial charge in [-0.3, -0.25) is 0 Å². The second-order valence-corrected chi connectivity index (χ2v) is 2.41. The number of nitrogens with zero attached hydrogens (tertiary/aromatic N) is 3. The molecule has 0 bridgehead atoms. The Balaban J connectivity index is 2.62. The lowest BCUT2D eigenvalue weighted by atomic mass is 10.4. The third-order valence-corrected chi connectivity index (χ3v) is 1.64. The van der Waals surface area contributed by atoms with Gasteiger partial charge in [0.15, 0.2) is 5.65 Å².